The highest BCUT2D eigenvalue weighted by atomic mass is 16.5. The highest BCUT2D eigenvalue weighted by Crippen LogP contribution is 2.29. The van der Waals surface area contributed by atoms with Crippen LogP contribution in [0.3, 0.4) is 0 Å². The van der Waals surface area contributed by atoms with Crippen LogP contribution in [-0.2, 0) is 0 Å². The zero-order chi connectivity index (χ0) is 19.2. The molecule has 1 aromatic carbocycles. The normalized spacial score (nSPS) is 14.4. The summed E-state index contributed by atoms with van der Waals surface area (Å²) < 4.78 is 5.48. The summed E-state index contributed by atoms with van der Waals surface area (Å²) in [6.45, 7) is 8.30. The van der Waals surface area contributed by atoms with E-state index >= 15 is 0 Å². The number of amides is 1. The monoisotopic (exact) mass is 368 g/mol. The molecule has 1 amide bonds. The zero-order valence-corrected chi connectivity index (χ0v) is 16.3. The van der Waals surface area contributed by atoms with Gasteiger partial charge in [0.2, 0.25) is 0 Å². The number of ether oxygens (including phenoxy) is 1. The molecular weight excluding hydrogens is 340 g/mol. The number of nitrogens with zero attached hydrogens (tertiary/aromatic N) is 3. The Kier molecular flexibility index (Phi) is 6.16. The first-order valence-corrected chi connectivity index (χ1v) is 9.45. The molecule has 1 aliphatic heterocycles. The van der Waals surface area contributed by atoms with Gasteiger partial charge in [0.25, 0.3) is 5.91 Å². The van der Waals surface area contributed by atoms with E-state index in [1.807, 2.05) is 24.3 Å². The predicted octanol–water partition coefficient (Wildman–Crippen LogP) is 2.80. The van der Waals surface area contributed by atoms with Crippen molar-refractivity contribution in [2.45, 2.75) is 13.8 Å². The third-order valence-electron chi connectivity index (χ3n) is 4.71. The molecule has 1 aromatic heterocycles. The molecular formula is C21H28N4O2. The first-order chi connectivity index (χ1) is 13.1. The summed E-state index contributed by atoms with van der Waals surface area (Å²) in [4.78, 5) is 21.3. The van der Waals surface area contributed by atoms with Crippen molar-refractivity contribution in [3.63, 3.8) is 0 Å². The van der Waals surface area contributed by atoms with Crippen LogP contribution < -0.4 is 19.9 Å². The van der Waals surface area contributed by atoms with Gasteiger partial charge in [0, 0.05) is 44.5 Å². The summed E-state index contributed by atoms with van der Waals surface area (Å²) in [5, 5.41) is 2.96. The number of anilines is 2. The van der Waals surface area contributed by atoms with Crippen LogP contribution in [0.5, 0.6) is 5.75 Å². The second-order valence-electron chi connectivity index (χ2n) is 7.15. The fourth-order valence-electron chi connectivity index (χ4n) is 3.20. The number of para-hydroxylation sites is 2. The van der Waals surface area contributed by atoms with Crippen molar-refractivity contribution in [2.75, 3.05) is 49.6 Å². The number of carbonyl (C=O) groups is 1. The molecule has 0 aliphatic carbocycles. The van der Waals surface area contributed by atoms with Gasteiger partial charge in [0.15, 0.2) is 0 Å². The number of pyridine rings is 1. The summed E-state index contributed by atoms with van der Waals surface area (Å²) in [6.07, 6.45) is 1.71. The quantitative estimate of drug-likeness (QED) is 0.850. The fourth-order valence-corrected chi connectivity index (χ4v) is 3.20. The minimum atomic E-state index is -0.0417. The molecule has 0 atom stereocenters. The van der Waals surface area contributed by atoms with Crippen LogP contribution in [0.1, 0.15) is 24.2 Å². The van der Waals surface area contributed by atoms with Gasteiger partial charge in [0.1, 0.15) is 11.6 Å². The molecule has 0 unspecified atom stereocenters. The van der Waals surface area contributed by atoms with Crippen molar-refractivity contribution in [3.8, 4) is 5.75 Å². The minimum absolute atomic E-state index is 0.0417. The third kappa shape index (κ3) is 4.70. The van der Waals surface area contributed by atoms with Gasteiger partial charge in [-0.1, -0.05) is 26.0 Å². The van der Waals surface area contributed by atoms with E-state index in [0.717, 1.165) is 43.4 Å². The van der Waals surface area contributed by atoms with Crippen molar-refractivity contribution < 1.29 is 9.53 Å². The van der Waals surface area contributed by atoms with Crippen LogP contribution in [0.15, 0.2) is 42.6 Å². The standard InChI is InChI=1S/C21H28N4O2/c1-16(2)15-23-21(26)17-8-9-22-20(14-17)25-12-10-24(11-13-25)18-6-4-5-7-19(18)27-3/h4-9,14,16H,10-13,15H2,1-3H3,(H,23,26). The maximum atomic E-state index is 12.3. The average molecular weight is 368 g/mol. The number of rotatable bonds is 6. The maximum absolute atomic E-state index is 12.3. The number of nitrogens with one attached hydrogen (secondary N) is 1. The van der Waals surface area contributed by atoms with Gasteiger partial charge in [-0.25, -0.2) is 4.98 Å². The Morgan fingerprint density at radius 3 is 2.56 bits per heavy atom. The molecule has 6 heteroatoms. The summed E-state index contributed by atoms with van der Waals surface area (Å²) in [7, 11) is 1.70. The smallest absolute Gasteiger partial charge is 0.251 e. The number of carbonyl (C=O) groups excluding carboxylic acids is 1. The van der Waals surface area contributed by atoms with Crippen molar-refractivity contribution in [1.29, 1.82) is 0 Å². The third-order valence-corrected chi connectivity index (χ3v) is 4.71. The Morgan fingerprint density at radius 2 is 1.85 bits per heavy atom. The van der Waals surface area contributed by atoms with Crippen LogP contribution >= 0.6 is 0 Å². The molecule has 0 saturated carbocycles. The number of methoxy groups -OCH3 is 1. The molecule has 2 heterocycles. The Hall–Kier alpha value is -2.76. The molecule has 1 N–H and O–H groups in total. The number of hydrogen-bond donors (Lipinski definition) is 1. The van der Waals surface area contributed by atoms with Crippen LogP contribution in [-0.4, -0.2) is 50.7 Å². The molecule has 1 fully saturated rings. The number of benzene rings is 1. The Labute approximate surface area is 161 Å². The largest absolute Gasteiger partial charge is 0.495 e. The second-order valence-corrected chi connectivity index (χ2v) is 7.15. The van der Waals surface area contributed by atoms with Gasteiger partial charge in [-0.2, -0.15) is 0 Å². The Morgan fingerprint density at radius 1 is 1.15 bits per heavy atom. The molecule has 6 nitrogen and oxygen atoms in total. The van der Waals surface area contributed by atoms with E-state index in [0.29, 0.717) is 18.0 Å². The van der Waals surface area contributed by atoms with Crippen LogP contribution in [0.4, 0.5) is 11.5 Å². The number of piperazine rings is 1. The molecule has 27 heavy (non-hydrogen) atoms. The fraction of sp³-hybridized carbons (Fsp3) is 0.429. The van der Waals surface area contributed by atoms with Crippen LogP contribution in [0.25, 0.3) is 0 Å². The summed E-state index contributed by atoms with van der Waals surface area (Å²) in [5.74, 6) is 2.14. The highest BCUT2D eigenvalue weighted by Gasteiger charge is 2.21. The maximum Gasteiger partial charge on any atom is 0.251 e. The SMILES string of the molecule is COc1ccccc1N1CCN(c2cc(C(=O)NCC(C)C)ccn2)CC1. The van der Waals surface area contributed by atoms with E-state index in [9.17, 15) is 4.79 Å². The van der Waals surface area contributed by atoms with E-state index in [4.69, 9.17) is 4.74 Å². The number of hydrogen-bond acceptors (Lipinski definition) is 5. The van der Waals surface area contributed by atoms with E-state index in [2.05, 4.69) is 40.0 Å². The van der Waals surface area contributed by atoms with Crippen molar-refractivity contribution in [1.82, 2.24) is 10.3 Å². The first-order valence-electron chi connectivity index (χ1n) is 9.45. The Bertz CT molecular complexity index is 770. The molecule has 3 rings (SSSR count). The van der Waals surface area contributed by atoms with E-state index < -0.39 is 0 Å². The van der Waals surface area contributed by atoms with Gasteiger partial charge in [-0.3, -0.25) is 4.79 Å². The van der Waals surface area contributed by atoms with E-state index in [1.165, 1.54) is 0 Å². The van der Waals surface area contributed by atoms with Crippen molar-refractivity contribution in [2.24, 2.45) is 5.92 Å². The molecule has 0 radical (unpaired) electrons. The lowest BCUT2D eigenvalue weighted by molar-refractivity contribution is 0.0949. The minimum Gasteiger partial charge on any atom is -0.495 e. The molecule has 144 valence electrons. The second kappa shape index (κ2) is 8.75. The lowest BCUT2D eigenvalue weighted by Crippen LogP contribution is -2.47. The summed E-state index contributed by atoms with van der Waals surface area (Å²) in [6, 6.07) is 11.7. The molecule has 1 saturated heterocycles. The zero-order valence-electron chi connectivity index (χ0n) is 16.3. The molecule has 0 spiro atoms. The Balaban J connectivity index is 1.64. The first kappa shape index (κ1) is 19.0. The van der Waals surface area contributed by atoms with Crippen molar-refractivity contribution >= 4 is 17.4 Å². The molecule has 2 aromatic rings. The van der Waals surface area contributed by atoms with Gasteiger partial charge < -0.3 is 19.9 Å². The predicted molar refractivity (Wildman–Crippen MR) is 109 cm³/mol. The topological polar surface area (TPSA) is 57.7 Å². The van der Waals surface area contributed by atoms with Gasteiger partial charge in [-0.05, 0) is 30.2 Å². The van der Waals surface area contributed by atoms with E-state index in [1.54, 1.807) is 19.4 Å². The average Bonchev–Trinajstić information content (AvgIpc) is 2.72. The van der Waals surface area contributed by atoms with Crippen LogP contribution in [0, 0.1) is 5.92 Å². The molecule has 0 bridgehead atoms. The van der Waals surface area contributed by atoms with Gasteiger partial charge in [0.05, 0.1) is 12.8 Å². The van der Waals surface area contributed by atoms with Crippen molar-refractivity contribution in [3.05, 3.63) is 48.2 Å². The summed E-state index contributed by atoms with van der Waals surface area (Å²) in [5.41, 5.74) is 1.78. The van der Waals surface area contributed by atoms with Gasteiger partial charge in [-0.15, -0.1) is 0 Å². The van der Waals surface area contributed by atoms with Gasteiger partial charge >= 0.3 is 0 Å². The highest BCUT2D eigenvalue weighted by molar-refractivity contribution is 5.94. The van der Waals surface area contributed by atoms with E-state index in [-0.39, 0.29) is 5.91 Å². The lowest BCUT2D eigenvalue weighted by Gasteiger charge is -2.37. The number of aromatic nitrogens is 1. The lowest BCUT2D eigenvalue weighted by atomic mass is 10.2. The van der Waals surface area contributed by atoms with Crippen LogP contribution in [0.2, 0.25) is 0 Å². The summed E-state index contributed by atoms with van der Waals surface area (Å²) >= 11 is 0. The molecule has 1 aliphatic rings.